The zero-order chi connectivity index (χ0) is 19.4. The van der Waals surface area contributed by atoms with Crippen molar-refractivity contribution in [2.24, 2.45) is 5.92 Å². The summed E-state index contributed by atoms with van der Waals surface area (Å²) in [5, 5.41) is 4.94. The molecule has 5 rings (SSSR count). The van der Waals surface area contributed by atoms with E-state index in [1.54, 1.807) is 31.4 Å². The van der Waals surface area contributed by atoms with Crippen LogP contribution in [0, 0.1) is 5.92 Å². The second-order valence-corrected chi connectivity index (χ2v) is 7.80. The maximum absolute atomic E-state index is 13.5. The van der Waals surface area contributed by atoms with Gasteiger partial charge in [0.25, 0.3) is 5.91 Å². The second-order valence-electron chi connectivity index (χ2n) is 7.36. The molecule has 0 radical (unpaired) electrons. The first-order valence-corrected chi connectivity index (χ1v) is 9.78. The van der Waals surface area contributed by atoms with Gasteiger partial charge in [-0.05, 0) is 36.2 Å². The number of benzene rings is 2. The Balaban J connectivity index is 1.57. The minimum absolute atomic E-state index is 0.155. The Labute approximate surface area is 168 Å². The second kappa shape index (κ2) is 6.58. The molecule has 3 atom stereocenters. The van der Waals surface area contributed by atoms with Gasteiger partial charge in [0.2, 0.25) is 5.91 Å². The summed E-state index contributed by atoms with van der Waals surface area (Å²) in [6.07, 6.45) is 0.980. The third-order valence-corrected chi connectivity index (χ3v) is 6.18. The van der Waals surface area contributed by atoms with E-state index in [1.165, 1.54) is 4.90 Å². The highest BCUT2D eigenvalue weighted by atomic mass is 35.5. The molecule has 0 saturated carbocycles. The first kappa shape index (κ1) is 17.7. The van der Waals surface area contributed by atoms with Crippen LogP contribution in [-0.2, 0) is 9.59 Å². The average Bonchev–Trinajstić information content (AvgIpc) is 3.35. The Bertz CT molecular complexity index is 948. The van der Waals surface area contributed by atoms with Crippen LogP contribution in [0.5, 0.6) is 5.75 Å². The van der Waals surface area contributed by atoms with E-state index in [9.17, 15) is 9.59 Å². The molecule has 144 valence electrons. The summed E-state index contributed by atoms with van der Waals surface area (Å²) in [6, 6.07) is 14.1. The van der Waals surface area contributed by atoms with Gasteiger partial charge in [-0.1, -0.05) is 29.8 Å². The number of anilines is 1. The highest BCUT2D eigenvalue weighted by Crippen LogP contribution is 2.49. The number of hydrogen-bond donors (Lipinski definition) is 0. The number of halogens is 1. The van der Waals surface area contributed by atoms with Crippen LogP contribution >= 0.6 is 11.6 Å². The van der Waals surface area contributed by atoms with Gasteiger partial charge in [-0.25, -0.2) is 14.9 Å². The molecule has 2 aromatic rings. The van der Waals surface area contributed by atoms with Gasteiger partial charge in [0.05, 0.1) is 24.8 Å². The van der Waals surface area contributed by atoms with E-state index in [1.807, 2.05) is 24.3 Å². The van der Waals surface area contributed by atoms with Gasteiger partial charge in [-0.15, -0.1) is 0 Å². The minimum Gasteiger partial charge on any atom is -0.497 e. The molecule has 3 saturated heterocycles. The topological polar surface area (TPSA) is 53.1 Å². The maximum Gasteiger partial charge on any atom is 0.253 e. The van der Waals surface area contributed by atoms with Crippen molar-refractivity contribution in [1.82, 2.24) is 10.0 Å². The lowest BCUT2D eigenvalue weighted by Gasteiger charge is -2.29. The first-order chi connectivity index (χ1) is 13.6. The molecule has 3 aliphatic heterocycles. The molecule has 28 heavy (non-hydrogen) atoms. The fourth-order valence-electron chi connectivity index (χ4n) is 4.78. The quantitative estimate of drug-likeness (QED) is 0.745. The van der Waals surface area contributed by atoms with Gasteiger partial charge in [-0.2, -0.15) is 0 Å². The number of fused-ring (bicyclic) bond motifs is 3. The van der Waals surface area contributed by atoms with Gasteiger partial charge in [-0.3, -0.25) is 9.59 Å². The number of carbonyl (C=O) groups excluding carboxylic acids is 2. The number of methoxy groups -OCH3 is 1. The van der Waals surface area contributed by atoms with Crippen molar-refractivity contribution in [2.75, 3.05) is 25.1 Å². The zero-order valence-electron chi connectivity index (χ0n) is 15.4. The average molecular weight is 398 g/mol. The van der Waals surface area contributed by atoms with E-state index in [0.717, 1.165) is 25.1 Å². The van der Waals surface area contributed by atoms with Crippen LogP contribution < -0.4 is 9.64 Å². The molecular weight excluding hydrogens is 378 g/mol. The van der Waals surface area contributed by atoms with Crippen LogP contribution in [0.15, 0.2) is 48.5 Å². The fraction of sp³-hybridized carbons (Fsp3) is 0.333. The number of hydrazine groups is 1. The van der Waals surface area contributed by atoms with Crippen molar-refractivity contribution in [2.45, 2.75) is 18.5 Å². The highest BCUT2D eigenvalue weighted by molar-refractivity contribution is 6.30. The Morgan fingerprint density at radius 2 is 1.68 bits per heavy atom. The van der Waals surface area contributed by atoms with Crippen molar-refractivity contribution in [1.29, 1.82) is 0 Å². The van der Waals surface area contributed by atoms with E-state index >= 15 is 0 Å². The van der Waals surface area contributed by atoms with Crippen LogP contribution in [0.3, 0.4) is 0 Å². The summed E-state index contributed by atoms with van der Waals surface area (Å²) in [5.41, 5.74) is 1.57. The van der Waals surface area contributed by atoms with Gasteiger partial charge >= 0.3 is 0 Å². The van der Waals surface area contributed by atoms with Gasteiger partial charge < -0.3 is 4.74 Å². The van der Waals surface area contributed by atoms with Crippen LogP contribution in [0.2, 0.25) is 5.02 Å². The lowest BCUT2D eigenvalue weighted by atomic mass is 9.90. The molecule has 2 amide bonds. The third kappa shape index (κ3) is 2.49. The molecule has 2 aromatic carbocycles. The van der Waals surface area contributed by atoms with Crippen molar-refractivity contribution in [3.05, 3.63) is 59.1 Å². The number of carbonyl (C=O) groups is 2. The smallest absolute Gasteiger partial charge is 0.253 e. The Morgan fingerprint density at radius 1 is 0.964 bits per heavy atom. The van der Waals surface area contributed by atoms with Crippen molar-refractivity contribution in [3.63, 3.8) is 0 Å². The van der Waals surface area contributed by atoms with Gasteiger partial charge in [0.1, 0.15) is 11.8 Å². The number of nitrogens with zero attached hydrogens (tertiary/aromatic N) is 3. The number of rotatable bonds is 3. The van der Waals surface area contributed by atoms with E-state index in [2.05, 4.69) is 10.0 Å². The third-order valence-electron chi connectivity index (χ3n) is 5.93. The van der Waals surface area contributed by atoms with Gasteiger partial charge in [0.15, 0.2) is 0 Å². The standard InChI is InChI=1S/C21H20ClN3O3/c1-28-16-5-2-4-15(12-16)25-20(26)17-18(13-6-8-14(22)9-7-13)23-10-3-11-24(23)19(17)21(25)27/h2,4-9,12,17-19H,3,10-11H2,1H3/t17-,18-,19-/m0/s1. The van der Waals surface area contributed by atoms with Crippen LogP contribution in [0.25, 0.3) is 0 Å². The lowest BCUT2D eigenvalue weighted by Crippen LogP contribution is -2.44. The number of amides is 2. The Hall–Kier alpha value is -2.41. The molecule has 3 aliphatic rings. The van der Waals surface area contributed by atoms with Gasteiger partial charge in [0, 0.05) is 24.2 Å². The van der Waals surface area contributed by atoms with Crippen molar-refractivity contribution < 1.29 is 14.3 Å². The van der Waals surface area contributed by atoms with Crippen LogP contribution in [-0.4, -0.2) is 48.1 Å². The number of ether oxygens (including phenoxy) is 1. The molecule has 7 heteroatoms. The summed E-state index contributed by atoms with van der Waals surface area (Å²) in [7, 11) is 1.57. The Kier molecular flexibility index (Phi) is 4.16. The van der Waals surface area contributed by atoms with Crippen molar-refractivity contribution in [3.8, 4) is 5.75 Å². The largest absolute Gasteiger partial charge is 0.497 e. The molecule has 0 aromatic heterocycles. The number of imide groups is 1. The molecular formula is C21H20ClN3O3. The summed E-state index contributed by atoms with van der Waals surface area (Å²) < 4.78 is 5.27. The number of hydrogen-bond acceptors (Lipinski definition) is 5. The normalized spacial score (nSPS) is 27.4. The van der Waals surface area contributed by atoms with Crippen molar-refractivity contribution >= 4 is 29.1 Å². The SMILES string of the molecule is COc1cccc(N2C(=O)[C@@H]3[C@@H](C2=O)N2CCCN2[C@H]3c2ccc(Cl)cc2)c1. The van der Waals surface area contributed by atoms with E-state index in [4.69, 9.17) is 16.3 Å². The molecule has 0 bridgehead atoms. The summed E-state index contributed by atoms with van der Waals surface area (Å²) in [6.45, 7) is 1.64. The molecule has 3 fully saturated rings. The maximum atomic E-state index is 13.5. The monoisotopic (exact) mass is 397 g/mol. The lowest BCUT2D eigenvalue weighted by molar-refractivity contribution is -0.126. The zero-order valence-corrected chi connectivity index (χ0v) is 16.2. The van der Waals surface area contributed by atoms with Crippen LogP contribution in [0.1, 0.15) is 18.0 Å². The summed E-state index contributed by atoms with van der Waals surface area (Å²) in [5.74, 6) is -0.128. The highest BCUT2D eigenvalue weighted by Gasteiger charge is 2.62. The van der Waals surface area contributed by atoms with E-state index < -0.39 is 12.0 Å². The summed E-state index contributed by atoms with van der Waals surface area (Å²) in [4.78, 5) is 28.1. The van der Waals surface area contributed by atoms with Crippen LogP contribution in [0.4, 0.5) is 5.69 Å². The minimum atomic E-state index is -0.457. The predicted octanol–water partition coefficient (Wildman–Crippen LogP) is 2.88. The molecule has 0 N–H and O–H groups in total. The molecule has 6 nitrogen and oxygen atoms in total. The predicted molar refractivity (Wildman–Crippen MR) is 105 cm³/mol. The van der Waals surface area contributed by atoms with E-state index in [0.29, 0.717) is 16.5 Å². The van der Waals surface area contributed by atoms with E-state index in [-0.39, 0.29) is 17.9 Å². The first-order valence-electron chi connectivity index (χ1n) is 9.40. The molecule has 0 aliphatic carbocycles. The molecule has 0 unspecified atom stereocenters. The fourth-order valence-corrected chi connectivity index (χ4v) is 4.90. The molecule has 3 heterocycles. The Morgan fingerprint density at radius 3 is 2.39 bits per heavy atom. The summed E-state index contributed by atoms with van der Waals surface area (Å²) >= 11 is 6.06. The molecule has 0 spiro atoms.